The summed E-state index contributed by atoms with van der Waals surface area (Å²) in [4.78, 5) is 34.7. The summed E-state index contributed by atoms with van der Waals surface area (Å²) in [5.74, 6) is -0.347. The SMILES string of the molecule is CC(NC(=O)c1ccoc1)C(=O)Nc1cccc(CSCCC(=O)O)c1. The Hall–Kier alpha value is -2.74. The Bertz CT molecular complexity index is 761. The predicted octanol–water partition coefficient (Wildman–Crippen LogP) is 2.74. The fourth-order valence-corrected chi connectivity index (χ4v) is 2.96. The van der Waals surface area contributed by atoms with Gasteiger partial charge in [-0.3, -0.25) is 14.4 Å². The average molecular weight is 376 g/mol. The first-order valence-electron chi connectivity index (χ1n) is 7.98. The van der Waals surface area contributed by atoms with E-state index in [2.05, 4.69) is 10.6 Å². The first-order chi connectivity index (χ1) is 12.5. The number of furan rings is 1. The largest absolute Gasteiger partial charge is 0.481 e. The third kappa shape index (κ3) is 6.29. The van der Waals surface area contributed by atoms with Crippen molar-refractivity contribution in [2.24, 2.45) is 0 Å². The van der Waals surface area contributed by atoms with Crippen LogP contribution in [0.4, 0.5) is 5.69 Å². The Labute approximate surface area is 155 Å². The summed E-state index contributed by atoms with van der Waals surface area (Å²) >= 11 is 1.52. The van der Waals surface area contributed by atoms with E-state index in [0.717, 1.165) is 5.56 Å². The van der Waals surface area contributed by atoms with E-state index in [4.69, 9.17) is 9.52 Å². The van der Waals surface area contributed by atoms with Crippen molar-refractivity contribution in [3.05, 3.63) is 54.0 Å². The number of hydrogen-bond acceptors (Lipinski definition) is 5. The Morgan fingerprint density at radius 1 is 1.27 bits per heavy atom. The number of aliphatic carboxylic acids is 1. The lowest BCUT2D eigenvalue weighted by Crippen LogP contribution is -2.41. The van der Waals surface area contributed by atoms with E-state index < -0.39 is 12.0 Å². The summed E-state index contributed by atoms with van der Waals surface area (Å²) in [5, 5.41) is 14.0. The molecular formula is C18H20N2O5S. The molecule has 2 rings (SSSR count). The number of carbonyl (C=O) groups excluding carboxylic acids is 2. The van der Waals surface area contributed by atoms with Crippen molar-refractivity contribution in [3.8, 4) is 0 Å². The molecule has 3 N–H and O–H groups in total. The van der Waals surface area contributed by atoms with Crippen LogP contribution in [0.1, 0.15) is 29.3 Å². The summed E-state index contributed by atoms with van der Waals surface area (Å²) in [6.07, 6.45) is 2.82. The molecule has 1 aromatic heterocycles. The molecule has 1 aromatic carbocycles. The lowest BCUT2D eigenvalue weighted by molar-refractivity contribution is -0.136. The minimum Gasteiger partial charge on any atom is -0.481 e. The summed E-state index contributed by atoms with van der Waals surface area (Å²) in [6.45, 7) is 1.60. The molecule has 0 aliphatic rings. The van der Waals surface area contributed by atoms with Gasteiger partial charge in [-0.1, -0.05) is 12.1 Å². The van der Waals surface area contributed by atoms with Gasteiger partial charge in [-0.2, -0.15) is 11.8 Å². The highest BCUT2D eigenvalue weighted by Gasteiger charge is 2.17. The van der Waals surface area contributed by atoms with Crippen molar-refractivity contribution in [1.82, 2.24) is 5.32 Å². The molecule has 0 spiro atoms. The molecule has 0 bridgehead atoms. The number of carboxylic acid groups (broad SMARTS) is 1. The first-order valence-corrected chi connectivity index (χ1v) is 9.13. The summed E-state index contributed by atoms with van der Waals surface area (Å²) < 4.78 is 4.84. The van der Waals surface area contributed by atoms with Crippen LogP contribution in [0.5, 0.6) is 0 Å². The number of nitrogens with one attached hydrogen (secondary N) is 2. The highest BCUT2D eigenvalue weighted by Crippen LogP contribution is 2.17. The minimum absolute atomic E-state index is 0.120. The van der Waals surface area contributed by atoms with Crippen molar-refractivity contribution in [2.75, 3.05) is 11.1 Å². The number of benzene rings is 1. The Morgan fingerprint density at radius 2 is 2.08 bits per heavy atom. The Balaban J connectivity index is 1.84. The first kappa shape index (κ1) is 19.6. The summed E-state index contributed by atoms with van der Waals surface area (Å²) in [5.41, 5.74) is 1.95. The van der Waals surface area contributed by atoms with E-state index in [1.807, 2.05) is 18.2 Å². The third-order valence-electron chi connectivity index (χ3n) is 3.45. The van der Waals surface area contributed by atoms with Gasteiger partial charge in [0.1, 0.15) is 12.3 Å². The van der Waals surface area contributed by atoms with Crippen LogP contribution >= 0.6 is 11.8 Å². The van der Waals surface area contributed by atoms with Gasteiger partial charge < -0.3 is 20.2 Å². The zero-order valence-electron chi connectivity index (χ0n) is 14.2. The van der Waals surface area contributed by atoms with Crippen LogP contribution in [0.25, 0.3) is 0 Å². The molecule has 0 aliphatic carbocycles. The van der Waals surface area contributed by atoms with Crippen LogP contribution < -0.4 is 10.6 Å². The van der Waals surface area contributed by atoms with Crippen LogP contribution in [0, 0.1) is 0 Å². The maximum atomic E-state index is 12.2. The number of thioether (sulfide) groups is 1. The topological polar surface area (TPSA) is 109 Å². The Kier molecular flexibility index (Phi) is 7.28. The van der Waals surface area contributed by atoms with E-state index in [9.17, 15) is 14.4 Å². The molecule has 0 radical (unpaired) electrons. The number of rotatable bonds is 9. The van der Waals surface area contributed by atoms with Crippen molar-refractivity contribution >= 4 is 35.2 Å². The van der Waals surface area contributed by atoms with Gasteiger partial charge in [0.2, 0.25) is 5.91 Å². The van der Waals surface area contributed by atoms with Crippen LogP contribution in [0.2, 0.25) is 0 Å². The standard InChI is InChI=1S/C18H20N2O5S/c1-12(19-18(24)14-5-7-25-10-14)17(23)20-15-4-2-3-13(9-15)11-26-8-6-16(21)22/h2-5,7,9-10,12H,6,8,11H2,1H3,(H,19,24)(H,20,23)(H,21,22). The number of carboxylic acids is 1. The molecule has 2 aromatic rings. The zero-order chi connectivity index (χ0) is 18.9. The maximum Gasteiger partial charge on any atom is 0.304 e. The molecule has 0 saturated carbocycles. The van der Waals surface area contributed by atoms with E-state index >= 15 is 0 Å². The number of hydrogen-bond donors (Lipinski definition) is 3. The van der Waals surface area contributed by atoms with Gasteiger partial charge in [0.25, 0.3) is 5.91 Å². The van der Waals surface area contributed by atoms with E-state index in [1.165, 1.54) is 30.4 Å². The lowest BCUT2D eigenvalue weighted by atomic mass is 10.2. The average Bonchev–Trinajstić information content (AvgIpc) is 3.13. The molecule has 0 aliphatic heterocycles. The molecule has 0 saturated heterocycles. The molecule has 1 atom stereocenters. The van der Waals surface area contributed by atoms with Gasteiger partial charge in [0, 0.05) is 17.2 Å². The van der Waals surface area contributed by atoms with Crippen molar-refractivity contribution < 1.29 is 23.9 Å². The highest BCUT2D eigenvalue weighted by molar-refractivity contribution is 7.98. The maximum absolute atomic E-state index is 12.2. The van der Waals surface area contributed by atoms with Gasteiger partial charge >= 0.3 is 5.97 Å². The second kappa shape index (κ2) is 9.67. The molecule has 1 heterocycles. The van der Waals surface area contributed by atoms with Gasteiger partial charge in [-0.15, -0.1) is 0 Å². The van der Waals surface area contributed by atoms with Crippen molar-refractivity contribution in [2.45, 2.75) is 25.1 Å². The van der Waals surface area contributed by atoms with Crippen molar-refractivity contribution in [3.63, 3.8) is 0 Å². The summed E-state index contributed by atoms with van der Waals surface area (Å²) in [6, 6.07) is 8.12. The normalized spacial score (nSPS) is 11.6. The van der Waals surface area contributed by atoms with Gasteiger partial charge in [0.05, 0.1) is 18.2 Å². The zero-order valence-corrected chi connectivity index (χ0v) is 15.0. The smallest absolute Gasteiger partial charge is 0.304 e. The van der Waals surface area contributed by atoms with Gasteiger partial charge in [0.15, 0.2) is 0 Å². The second-order valence-electron chi connectivity index (χ2n) is 5.59. The minimum atomic E-state index is -0.815. The van der Waals surface area contributed by atoms with E-state index in [0.29, 0.717) is 22.8 Å². The third-order valence-corrected chi connectivity index (χ3v) is 4.48. The molecule has 138 valence electrons. The highest BCUT2D eigenvalue weighted by atomic mass is 32.2. The van der Waals surface area contributed by atoms with Gasteiger partial charge in [-0.25, -0.2) is 0 Å². The number of anilines is 1. The molecule has 7 nitrogen and oxygen atoms in total. The number of amides is 2. The van der Waals surface area contributed by atoms with Crippen LogP contribution in [0.3, 0.4) is 0 Å². The molecule has 2 amide bonds. The van der Waals surface area contributed by atoms with E-state index in [-0.39, 0.29) is 18.2 Å². The van der Waals surface area contributed by atoms with Crippen LogP contribution in [-0.4, -0.2) is 34.7 Å². The van der Waals surface area contributed by atoms with Crippen LogP contribution in [-0.2, 0) is 15.3 Å². The molecule has 8 heteroatoms. The van der Waals surface area contributed by atoms with E-state index in [1.54, 1.807) is 13.0 Å². The fraction of sp³-hybridized carbons (Fsp3) is 0.278. The lowest BCUT2D eigenvalue weighted by Gasteiger charge is -2.14. The molecule has 26 heavy (non-hydrogen) atoms. The molecular weight excluding hydrogens is 356 g/mol. The monoisotopic (exact) mass is 376 g/mol. The fourth-order valence-electron chi connectivity index (χ4n) is 2.08. The van der Waals surface area contributed by atoms with Crippen LogP contribution in [0.15, 0.2) is 47.3 Å². The number of carbonyl (C=O) groups is 3. The Morgan fingerprint density at radius 3 is 2.77 bits per heavy atom. The summed E-state index contributed by atoms with van der Waals surface area (Å²) in [7, 11) is 0. The predicted molar refractivity (Wildman–Crippen MR) is 99.1 cm³/mol. The van der Waals surface area contributed by atoms with Crippen molar-refractivity contribution in [1.29, 1.82) is 0 Å². The van der Waals surface area contributed by atoms with Gasteiger partial charge in [-0.05, 0) is 30.7 Å². The molecule has 0 fully saturated rings. The quantitative estimate of drug-likeness (QED) is 0.581. The molecule has 1 unspecified atom stereocenters. The second-order valence-corrected chi connectivity index (χ2v) is 6.70.